The zero-order valence-electron chi connectivity index (χ0n) is 9.51. The summed E-state index contributed by atoms with van der Waals surface area (Å²) in [5.74, 6) is -1.08. The lowest BCUT2D eigenvalue weighted by Gasteiger charge is -2.06. The Morgan fingerprint density at radius 1 is 1.11 bits per heavy atom. The maximum Gasteiger partial charge on any atom is 0.338 e. The molecule has 0 saturated carbocycles. The van der Waals surface area contributed by atoms with Crippen molar-refractivity contribution in [2.75, 3.05) is 10.6 Å². The molecule has 0 fully saturated rings. The number of urea groups is 1. The van der Waals surface area contributed by atoms with Crippen LogP contribution in [0, 0.1) is 0 Å². The largest absolute Gasteiger partial charge is 0.478 e. The zero-order chi connectivity index (χ0) is 13.8. The first-order valence-electron chi connectivity index (χ1n) is 5.20. The van der Waals surface area contributed by atoms with Crippen LogP contribution in [0.1, 0.15) is 10.4 Å². The lowest BCUT2D eigenvalue weighted by Crippen LogP contribution is -2.19. The number of hydrogen-bond acceptors (Lipinski definition) is 3. The van der Waals surface area contributed by atoms with E-state index in [1.54, 1.807) is 29.6 Å². The Bertz CT molecular complexity index is 610. The minimum atomic E-state index is -1.08. The molecule has 0 saturated heterocycles. The van der Waals surface area contributed by atoms with Crippen LogP contribution in [0.5, 0.6) is 0 Å². The Balaban J connectivity index is 2.03. The highest BCUT2D eigenvalue weighted by atomic mass is 35.5. The Morgan fingerprint density at radius 3 is 2.42 bits per heavy atom. The number of benzene rings is 1. The molecular weight excluding hydrogens is 288 g/mol. The summed E-state index contributed by atoms with van der Waals surface area (Å²) in [5, 5.41) is 16.4. The summed E-state index contributed by atoms with van der Waals surface area (Å²) in [6, 6.07) is 7.51. The van der Waals surface area contributed by atoms with E-state index in [1.165, 1.54) is 6.07 Å². The minimum absolute atomic E-state index is 0.0660. The Hall–Kier alpha value is -2.05. The van der Waals surface area contributed by atoms with Crippen LogP contribution in [0.15, 0.2) is 35.7 Å². The maximum atomic E-state index is 11.7. The number of amides is 2. The molecule has 98 valence electrons. The molecule has 2 amide bonds. The van der Waals surface area contributed by atoms with Crippen molar-refractivity contribution in [2.24, 2.45) is 0 Å². The monoisotopic (exact) mass is 296 g/mol. The van der Waals surface area contributed by atoms with Gasteiger partial charge in [0, 0.05) is 10.7 Å². The standard InChI is InChI=1S/C12H9ClN2O3S/c13-7-1-3-8(4-2-7)14-12(18)15-10-9(11(16)17)5-6-19-10/h1-6H,(H,16,17)(H2,14,15,18). The molecule has 19 heavy (non-hydrogen) atoms. The Labute approximate surface area is 117 Å². The average molecular weight is 297 g/mol. The fraction of sp³-hybridized carbons (Fsp3) is 0. The van der Waals surface area contributed by atoms with Crippen molar-refractivity contribution in [1.82, 2.24) is 0 Å². The van der Waals surface area contributed by atoms with Gasteiger partial charge in [-0.1, -0.05) is 11.6 Å². The van der Waals surface area contributed by atoms with E-state index in [0.717, 1.165) is 11.3 Å². The molecule has 0 atom stereocenters. The molecule has 1 heterocycles. The van der Waals surface area contributed by atoms with Gasteiger partial charge in [0.05, 0.1) is 5.56 Å². The molecule has 0 aliphatic heterocycles. The van der Waals surface area contributed by atoms with Crippen LogP contribution in [-0.4, -0.2) is 17.1 Å². The number of carboxylic acids is 1. The van der Waals surface area contributed by atoms with Crippen molar-refractivity contribution in [3.63, 3.8) is 0 Å². The molecule has 5 nitrogen and oxygen atoms in total. The van der Waals surface area contributed by atoms with Crippen molar-refractivity contribution in [3.05, 3.63) is 46.3 Å². The topological polar surface area (TPSA) is 78.4 Å². The third-order valence-corrected chi connectivity index (χ3v) is 3.31. The lowest BCUT2D eigenvalue weighted by molar-refractivity contribution is 0.0698. The second-order valence-corrected chi connectivity index (χ2v) is 4.91. The Kier molecular flexibility index (Phi) is 4.03. The predicted octanol–water partition coefficient (Wildman–Crippen LogP) is 3.74. The van der Waals surface area contributed by atoms with E-state index in [9.17, 15) is 9.59 Å². The molecular formula is C12H9ClN2O3S. The van der Waals surface area contributed by atoms with E-state index in [1.807, 2.05) is 0 Å². The number of nitrogens with one attached hydrogen (secondary N) is 2. The number of hydrogen-bond donors (Lipinski definition) is 3. The number of thiophene rings is 1. The van der Waals surface area contributed by atoms with Crippen molar-refractivity contribution in [1.29, 1.82) is 0 Å². The van der Waals surface area contributed by atoms with Crippen LogP contribution < -0.4 is 10.6 Å². The molecule has 0 bridgehead atoms. The van der Waals surface area contributed by atoms with Crippen LogP contribution in [0.25, 0.3) is 0 Å². The summed E-state index contributed by atoms with van der Waals surface area (Å²) in [6.07, 6.45) is 0. The van der Waals surface area contributed by atoms with Crippen molar-refractivity contribution in [2.45, 2.75) is 0 Å². The molecule has 2 rings (SSSR count). The summed E-state index contributed by atoms with van der Waals surface area (Å²) in [6.45, 7) is 0. The summed E-state index contributed by atoms with van der Waals surface area (Å²) < 4.78 is 0. The van der Waals surface area contributed by atoms with Crippen molar-refractivity contribution >= 4 is 45.6 Å². The molecule has 0 unspecified atom stereocenters. The number of aromatic carboxylic acids is 1. The molecule has 7 heteroatoms. The fourth-order valence-corrected chi connectivity index (χ4v) is 2.27. The van der Waals surface area contributed by atoms with Gasteiger partial charge in [-0.25, -0.2) is 9.59 Å². The summed E-state index contributed by atoms with van der Waals surface area (Å²) in [5.41, 5.74) is 0.631. The number of carbonyl (C=O) groups excluding carboxylic acids is 1. The van der Waals surface area contributed by atoms with Gasteiger partial charge in [0.15, 0.2) is 0 Å². The number of carbonyl (C=O) groups is 2. The minimum Gasteiger partial charge on any atom is -0.478 e. The van der Waals surface area contributed by atoms with Gasteiger partial charge in [0.1, 0.15) is 5.00 Å². The third kappa shape index (κ3) is 3.46. The number of anilines is 2. The van der Waals surface area contributed by atoms with Crippen molar-refractivity contribution in [3.8, 4) is 0 Å². The highest BCUT2D eigenvalue weighted by molar-refractivity contribution is 7.14. The van der Waals surface area contributed by atoms with Gasteiger partial charge < -0.3 is 10.4 Å². The first kappa shape index (κ1) is 13.4. The smallest absolute Gasteiger partial charge is 0.338 e. The summed E-state index contributed by atoms with van der Waals surface area (Å²) in [4.78, 5) is 22.6. The van der Waals surface area contributed by atoms with Crippen molar-refractivity contribution < 1.29 is 14.7 Å². The van der Waals surface area contributed by atoms with Crippen LogP contribution in [0.3, 0.4) is 0 Å². The normalized spacial score (nSPS) is 9.95. The second-order valence-electron chi connectivity index (χ2n) is 3.55. The number of carboxylic acid groups (broad SMARTS) is 1. The van der Waals surface area contributed by atoms with E-state index in [2.05, 4.69) is 10.6 Å². The van der Waals surface area contributed by atoms with Crippen LogP contribution in [0.2, 0.25) is 5.02 Å². The van der Waals surface area contributed by atoms with Crippen LogP contribution in [-0.2, 0) is 0 Å². The maximum absolute atomic E-state index is 11.7. The van der Waals surface area contributed by atoms with Gasteiger partial charge in [-0.3, -0.25) is 5.32 Å². The van der Waals surface area contributed by atoms with Crippen LogP contribution in [0.4, 0.5) is 15.5 Å². The number of halogens is 1. The first-order chi connectivity index (χ1) is 9.06. The highest BCUT2D eigenvalue weighted by Gasteiger charge is 2.13. The zero-order valence-corrected chi connectivity index (χ0v) is 11.1. The van der Waals surface area contributed by atoms with Gasteiger partial charge in [-0.2, -0.15) is 0 Å². The van der Waals surface area contributed by atoms with Gasteiger partial charge >= 0.3 is 12.0 Å². The highest BCUT2D eigenvalue weighted by Crippen LogP contribution is 2.23. The molecule has 0 spiro atoms. The molecule has 0 aliphatic rings. The lowest BCUT2D eigenvalue weighted by atomic mass is 10.3. The molecule has 3 N–H and O–H groups in total. The molecule has 1 aromatic heterocycles. The van der Waals surface area contributed by atoms with Gasteiger partial charge in [-0.15, -0.1) is 11.3 Å². The van der Waals surface area contributed by atoms with Gasteiger partial charge in [0.25, 0.3) is 0 Å². The second kappa shape index (κ2) is 5.73. The Morgan fingerprint density at radius 2 is 1.79 bits per heavy atom. The number of rotatable bonds is 3. The van der Waals surface area contributed by atoms with E-state index in [0.29, 0.717) is 15.7 Å². The fourth-order valence-electron chi connectivity index (χ4n) is 1.37. The van der Waals surface area contributed by atoms with E-state index >= 15 is 0 Å². The third-order valence-electron chi connectivity index (χ3n) is 2.22. The molecule has 1 aromatic carbocycles. The summed E-state index contributed by atoms with van der Waals surface area (Å²) >= 11 is 6.87. The predicted molar refractivity (Wildman–Crippen MR) is 75.4 cm³/mol. The quantitative estimate of drug-likeness (QED) is 0.807. The first-order valence-corrected chi connectivity index (χ1v) is 6.46. The SMILES string of the molecule is O=C(Nc1ccc(Cl)cc1)Nc1sccc1C(=O)O. The summed E-state index contributed by atoms with van der Waals surface area (Å²) in [7, 11) is 0. The van der Waals surface area contributed by atoms with Gasteiger partial charge in [0.2, 0.25) is 0 Å². The molecule has 0 aliphatic carbocycles. The van der Waals surface area contributed by atoms with E-state index in [-0.39, 0.29) is 5.56 Å². The van der Waals surface area contributed by atoms with E-state index in [4.69, 9.17) is 16.7 Å². The van der Waals surface area contributed by atoms with Crippen LogP contribution >= 0.6 is 22.9 Å². The van der Waals surface area contributed by atoms with Gasteiger partial charge in [-0.05, 0) is 35.7 Å². The average Bonchev–Trinajstić information content (AvgIpc) is 2.80. The molecule has 0 radical (unpaired) electrons. The van der Waals surface area contributed by atoms with E-state index < -0.39 is 12.0 Å². The molecule has 2 aromatic rings.